The molecule has 0 aliphatic carbocycles. The van der Waals surface area contributed by atoms with Crippen molar-refractivity contribution in [1.29, 1.82) is 0 Å². The zero-order valence-corrected chi connectivity index (χ0v) is 12.4. The molecule has 0 radical (unpaired) electrons. The highest BCUT2D eigenvalue weighted by Gasteiger charge is 2.30. The highest BCUT2D eigenvalue weighted by atomic mass is 19.1. The number of nitrogens with one attached hydrogen (secondary N) is 1. The van der Waals surface area contributed by atoms with E-state index in [2.05, 4.69) is 5.32 Å². The number of hydrogen-bond donors (Lipinski definition) is 1. The van der Waals surface area contributed by atoms with Crippen LogP contribution in [0.4, 0.5) is 15.8 Å². The highest BCUT2D eigenvalue weighted by molar-refractivity contribution is 6.51. The van der Waals surface area contributed by atoms with Gasteiger partial charge in [-0.1, -0.05) is 13.8 Å². The van der Waals surface area contributed by atoms with Crippen molar-refractivity contribution in [2.24, 2.45) is 5.92 Å². The minimum absolute atomic E-state index is 0.0949. The molecule has 1 aliphatic heterocycles. The Labute approximate surface area is 123 Å². The normalized spacial score (nSPS) is 13.6. The Balaban J connectivity index is 2.35. The predicted octanol–water partition coefficient (Wildman–Crippen LogP) is 2.07. The summed E-state index contributed by atoms with van der Waals surface area (Å²) < 4.78 is 19.4. The van der Waals surface area contributed by atoms with E-state index in [1.165, 1.54) is 6.07 Å². The van der Waals surface area contributed by atoms with Crippen molar-refractivity contribution in [1.82, 2.24) is 0 Å². The molecule has 21 heavy (non-hydrogen) atoms. The smallest absolute Gasteiger partial charge is 0.296 e. The number of amides is 1. The van der Waals surface area contributed by atoms with Gasteiger partial charge in [-0.15, -0.1) is 0 Å². The number of carbonyl (C=O) groups excluding carboxylic acids is 2. The predicted molar refractivity (Wildman–Crippen MR) is 78.3 cm³/mol. The molecule has 114 valence electrons. The van der Waals surface area contributed by atoms with Gasteiger partial charge < -0.3 is 15.0 Å². The van der Waals surface area contributed by atoms with Crippen molar-refractivity contribution in [3.8, 4) is 0 Å². The van der Waals surface area contributed by atoms with E-state index in [0.29, 0.717) is 37.0 Å². The van der Waals surface area contributed by atoms with Gasteiger partial charge in [0.2, 0.25) is 0 Å². The van der Waals surface area contributed by atoms with E-state index >= 15 is 0 Å². The first-order chi connectivity index (χ1) is 9.93. The van der Waals surface area contributed by atoms with Gasteiger partial charge in [-0.2, -0.15) is 0 Å². The number of halogens is 1. The Kier molecular flexibility index (Phi) is 4.57. The number of ketones is 1. The average molecular weight is 294 g/mol. The molecule has 0 atom stereocenters. The highest BCUT2D eigenvalue weighted by Crippen LogP contribution is 2.31. The molecule has 0 fully saturated rings. The van der Waals surface area contributed by atoms with Gasteiger partial charge in [0.15, 0.2) is 0 Å². The maximum absolute atomic E-state index is 14.3. The number of rotatable bonds is 6. The summed E-state index contributed by atoms with van der Waals surface area (Å²) in [6, 6.07) is 2.65. The SMILES string of the molecule is COCCN(CC(C)C)c1cc2c(cc1F)C(=O)C(=O)N2. The maximum atomic E-state index is 14.3. The van der Waals surface area contributed by atoms with E-state index in [-0.39, 0.29) is 5.56 Å². The number of nitrogens with zero attached hydrogens (tertiary/aromatic N) is 1. The number of Topliss-reactive ketones (excluding diaryl/α,β-unsaturated/α-hetero) is 1. The van der Waals surface area contributed by atoms with Crippen LogP contribution in [0.3, 0.4) is 0 Å². The Morgan fingerprint density at radius 2 is 2.05 bits per heavy atom. The van der Waals surface area contributed by atoms with Gasteiger partial charge in [0.1, 0.15) is 5.82 Å². The zero-order chi connectivity index (χ0) is 15.6. The Morgan fingerprint density at radius 1 is 1.33 bits per heavy atom. The molecule has 1 aromatic carbocycles. The third kappa shape index (κ3) is 3.21. The molecule has 1 heterocycles. The number of fused-ring (bicyclic) bond motifs is 1. The van der Waals surface area contributed by atoms with Crippen LogP contribution in [0.25, 0.3) is 0 Å². The van der Waals surface area contributed by atoms with Gasteiger partial charge in [-0.3, -0.25) is 9.59 Å². The minimum atomic E-state index is -0.714. The Hall–Kier alpha value is -1.95. The standard InChI is InChI=1S/C15H19FN2O3/c1-9(2)8-18(4-5-21-3)13-7-12-10(6-11(13)16)14(19)15(20)17-12/h6-7,9H,4-5,8H2,1-3H3,(H,17,19,20). The fourth-order valence-corrected chi connectivity index (χ4v) is 2.35. The van der Waals surface area contributed by atoms with Gasteiger partial charge in [-0.05, 0) is 18.1 Å². The summed E-state index contributed by atoms with van der Waals surface area (Å²) in [5.41, 5.74) is 0.833. The number of carbonyl (C=O) groups is 2. The van der Waals surface area contributed by atoms with Crippen LogP contribution >= 0.6 is 0 Å². The van der Waals surface area contributed by atoms with Crippen molar-refractivity contribution in [2.75, 3.05) is 37.0 Å². The molecule has 5 nitrogen and oxygen atoms in total. The molecule has 1 aromatic rings. The molecule has 0 saturated heterocycles. The van der Waals surface area contributed by atoms with E-state index in [9.17, 15) is 14.0 Å². The van der Waals surface area contributed by atoms with Crippen LogP contribution in [-0.2, 0) is 9.53 Å². The fraction of sp³-hybridized carbons (Fsp3) is 0.467. The van der Waals surface area contributed by atoms with E-state index in [1.807, 2.05) is 18.7 Å². The van der Waals surface area contributed by atoms with E-state index in [1.54, 1.807) is 7.11 Å². The molecular weight excluding hydrogens is 275 g/mol. The number of hydrogen-bond acceptors (Lipinski definition) is 4. The fourth-order valence-electron chi connectivity index (χ4n) is 2.35. The van der Waals surface area contributed by atoms with Crippen molar-refractivity contribution in [3.63, 3.8) is 0 Å². The molecule has 0 spiro atoms. The second kappa shape index (κ2) is 6.22. The number of ether oxygens (including phenoxy) is 1. The van der Waals surface area contributed by atoms with Gasteiger partial charge in [-0.25, -0.2) is 4.39 Å². The third-order valence-corrected chi connectivity index (χ3v) is 3.28. The van der Waals surface area contributed by atoms with Gasteiger partial charge >= 0.3 is 0 Å². The van der Waals surface area contributed by atoms with Crippen LogP contribution in [0.1, 0.15) is 24.2 Å². The van der Waals surface area contributed by atoms with Gasteiger partial charge in [0.25, 0.3) is 11.7 Å². The molecule has 6 heteroatoms. The lowest BCUT2D eigenvalue weighted by Gasteiger charge is -2.27. The molecule has 1 N–H and O–H groups in total. The molecule has 0 unspecified atom stereocenters. The lowest BCUT2D eigenvalue weighted by Crippen LogP contribution is -2.31. The van der Waals surface area contributed by atoms with Crippen molar-refractivity contribution < 1.29 is 18.7 Å². The lowest BCUT2D eigenvalue weighted by molar-refractivity contribution is -0.112. The first-order valence-electron chi connectivity index (χ1n) is 6.87. The molecule has 0 saturated carbocycles. The summed E-state index contributed by atoms with van der Waals surface area (Å²) in [6.45, 7) is 5.73. The van der Waals surface area contributed by atoms with E-state index in [4.69, 9.17) is 4.74 Å². The van der Waals surface area contributed by atoms with E-state index < -0.39 is 17.5 Å². The number of benzene rings is 1. The number of anilines is 2. The molecule has 2 rings (SSSR count). The topological polar surface area (TPSA) is 58.6 Å². The first-order valence-corrected chi connectivity index (χ1v) is 6.87. The van der Waals surface area contributed by atoms with Crippen LogP contribution in [-0.4, -0.2) is 38.5 Å². The van der Waals surface area contributed by atoms with E-state index in [0.717, 1.165) is 6.07 Å². The van der Waals surface area contributed by atoms with Crippen molar-refractivity contribution in [2.45, 2.75) is 13.8 Å². The summed E-state index contributed by atoms with van der Waals surface area (Å²) in [5, 5.41) is 2.47. The lowest BCUT2D eigenvalue weighted by atomic mass is 10.1. The van der Waals surface area contributed by atoms with Crippen LogP contribution in [0.2, 0.25) is 0 Å². The molecule has 1 amide bonds. The summed E-state index contributed by atoms with van der Waals surface area (Å²) in [4.78, 5) is 24.8. The van der Waals surface area contributed by atoms with Crippen molar-refractivity contribution >= 4 is 23.1 Å². The monoisotopic (exact) mass is 294 g/mol. The number of methoxy groups -OCH3 is 1. The second-order valence-electron chi connectivity index (χ2n) is 5.47. The third-order valence-electron chi connectivity index (χ3n) is 3.28. The van der Waals surface area contributed by atoms with Crippen molar-refractivity contribution in [3.05, 3.63) is 23.5 Å². The van der Waals surface area contributed by atoms with Crippen LogP contribution in [0.5, 0.6) is 0 Å². The molecule has 0 aromatic heterocycles. The maximum Gasteiger partial charge on any atom is 0.296 e. The van der Waals surface area contributed by atoms with Gasteiger partial charge in [0, 0.05) is 20.2 Å². The van der Waals surface area contributed by atoms with Gasteiger partial charge in [0.05, 0.1) is 23.5 Å². The van der Waals surface area contributed by atoms with Crippen LogP contribution in [0.15, 0.2) is 12.1 Å². The largest absolute Gasteiger partial charge is 0.383 e. The second-order valence-corrected chi connectivity index (χ2v) is 5.47. The first kappa shape index (κ1) is 15.4. The average Bonchev–Trinajstić information content (AvgIpc) is 2.69. The Bertz CT molecular complexity index is 572. The summed E-state index contributed by atoms with van der Waals surface area (Å²) >= 11 is 0. The molecular formula is C15H19FN2O3. The van der Waals surface area contributed by atoms with Crippen LogP contribution < -0.4 is 10.2 Å². The molecule has 1 aliphatic rings. The minimum Gasteiger partial charge on any atom is -0.383 e. The van der Waals surface area contributed by atoms with Crippen LogP contribution in [0, 0.1) is 11.7 Å². The summed E-state index contributed by atoms with van der Waals surface area (Å²) in [6.07, 6.45) is 0. The summed E-state index contributed by atoms with van der Waals surface area (Å²) in [7, 11) is 1.59. The quantitative estimate of drug-likeness (QED) is 0.816. The zero-order valence-electron chi connectivity index (χ0n) is 12.4. The summed E-state index contributed by atoms with van der Waals surface area (Å²) in [5.74, 6) is -1.57. The molecule has 0 bridgehead atoms. The Morgan fingerprint density at radius 3 is 2.67 bits per heavy atom.